The summed E-state index contributed by atoms with van der Waals surface area (Å²) in [7, 11) is 10.2. The Hall–Kier alpha value is -1.24. The van der Waals surface area contributed by atoms with E-state index < -0.39 is 10.7 Å². The number of carbonyl (C=O) groups is 2. The highest BCUT2D eigenvalue weighted by Gasteiger charge is 2.85. The Labute approximate surface area is 178 Å². The third-order valence-corrected chi connectivity index (χ3v) is 7.64. The number of quaternary nitrogens is 3. The number of ketones is 2. The Morgan fingerprint density at radius 3 is 2.13 bits per heavy atom. The number of carbonyl (C=O) groups excluding carboxylic acids is 2. The van der Waals surface area contributed by atoms with Gasteiger partial charge in [-0.05, 0) is 28.9 Å². The number of rotatable bonds is 8. The van der Waals surface area contributed by atoms with Crippen molar-refractivity contribution in [1.29, 1.82) is 0 Å². The van der Waals surface area contributed by atoms with Gasteiger partial charge < -0.3 is 8.97 Å². The van der Waals surface area contributed by atoms with E-state index in [1.54, 1.807) is 0 Å². The number of nitrogens with two attached hydrogens (primary N) is 4. The Balaban J connectivity index is 1.66. The first-order chi connectivity index (χ1) is 13.6. The molecule has 0 saturated heterocycles. The summed E-state index contributed by atoms with van der Waals surface area (Å²) in [6.07, 6.45) is 0.935. The van der Waals surface area contributed by atoms with Gasteiger partial charge in [0, 0.05) is 17.8 Å². The fourth-order valence-electron chi connectivity index (χ4n) is 6.84. The second-order valence-electron chi connectivity index (χ2n) is 11.8. The largest absolute Gasteiger partial charge is 0.327 e. The number of Topliss-reactive ketones (excluding diaryl/α,β-unsaturated/α-hetero) is 2. The van der Waals surface area contributed by atoms with Crippen LogP contribution in [0.2, 0.25) is 0 Å². The van der Waals surface area contributed by atoms with Crippen LogP contribution in [0.3, 0.4) is 0 Å². The molecular formula is C20H38N7O3+3. The van der Waals surface area contributed by atoms with E-state index in [4.69, 9.17) is 28.3 Å². The Kier molecular flexibility index (Phi) is 4.68. The highest BCUT2D eigenvalue weighted by molar-refractivity contribution is 6.14. The lowest BCUT2D eigenvalue weighted by Gasteiger charge is -2.48. The molecule has 0 heterocycles. The lowest BCUT2D eigenvalue weighted by atomic mass is 9.53. The summed E-state index contributed by atoms with van der Waals surface area (Å²) in [5.74, 6) is 22.6. The quantitative estimate of drug-likeness (QED) is 0.0880. The maximum atomic E-state index is 13.5. The standard InChI is InChI=1S/C20H38N7O3/c1-25(2,3)7-12-11(9-27(21,22)23)14-6-20(14)16(12)15-17(20)19(29)13(18(15)28)8-26(4,5)10-30-24/h13-17H,6-10,21-24H2,1-5H3/q+3. The summed E-state index contributed by atoms with van der Waals surface area (Å²) in [5, 5.41) is 0. The normalized spacial score (nSPS) is 37.8. The zero-order valence-electron chi connectivity index (χ0n) is 18.8. The average Bonchev–Trinajstić information content (AvgIpc) is 3.21. The molecule has 4 aliphatic carbocycles. The minimum absolute atomic E-state index is 0.0867. The van der Waals surface area contributed by atoms with E-state index in [1.807, 2.05) is 14.1 Å². The van der Waals surface area contributed by atoms with E-state index in [0.717, 1.165) is 17.4 Å². The lowest BCUT2D eigenvalue weighted by Crippen LogP contribution is -2.66. The molecule has 3 fully saturated rings. The van der Waals surface area contributed by atoms with Gasteiger partial charge in [0.15, 0.2) is 18.1 Å². The number of hydrogen-bond donors (Lipinski definition) is 4. The van der Waals surface area contributed by atoms with Crippen LogP contribution >= 0.6 is 0 Å². The van der Waals surface area contributed by atoms with Crippen LogP contribution in [0.25, 0.3) is 0 Å². The predicted octanol–water partition coefficient (Wildman–Crippen LogP) is -2.00. The molecule has 4 rings (SSSR count). The van der Waals surface area contributed by atoms with Gasteiger partial charge in [-0.15, -0.1) is 22.3 Å². The van der Waals surface area contributed by atoms with Crippen LogP contribution < -0.4 is 23.4 Å². The highest BCUT2D eigenvalue weighted by atomic mass is 16.6. The van der Waals surface area contributed by atoms with Crippen molar-refractivity contribution in [1.82, 2.24) is 0 Å². The van der Waals surface area contributed by atoms with Gasteiger partial charge in [0.25, 0.3) is 0 Å². The van der Waals surface area contributed by atoms with E-state index in [-0.39, 0.29) is 47.4 Å². The van der Waals surface area contributed by atoms with Crippen LogP contribution in [0, 0.1) is 35.0 Å². The monoisotopic (exact) mass is 424 g/mol. The maximum Gasteiger partial charge on any atom is 0.201 e. The summed E-state index contributed by atoms with van der Waals surface area (Å²) >= 11 is 0. The van der Waals surface area contributed by atoms with Gasteiger partial charge in [0.1, 0.15) is 12.5 Å². The summed E-state index contributed by atoms with van der Waals surface area (Å²) in [6, 6.07) is 0. The van der Waals surface area contributed by atoms with E-state index in [1.165, 1.54) is 11.1 Å². The number of likely N-dealkylation sites (N-methyl/N-ethyl adjacent to an activating group) is 1. The van der Waals surface area contributed by atoms with Crippen LogP contribution in [0.5, 0.6) is 0 Å². The van der Waals surface area contributed by atoms with Crippen LogP contribution in [0.1, 0.15) is 6.42 Å². The van der Waals surface area contributed by atoms with Crippen molar-refractivity contribution >= 4 is 11.6 Å². The molecule has 0 aromatic carbocycles. The molecule has 0 aromatic heterocycles. The van der Waals surface area contributed by atoms with Crippen LogP contribution in [0.15, 0.2) is 11.1 Å². The maximum absolute atomic E-state index is 13.5. The number of hydrogen-bond acceptors (Lipinski definition) is 7. The molecule has 0 radical (unpaired) electrons. The summed E-state index contributed by atoms with van der Waals surface area (Å²) < 4.78 is 1.11. The van der Waals surface area contributed by atoms with Gasteiger partial charge in [-0.1, -0.05) is 0 Å². The van der Waals surface area contributed by atoms with E-state index in [9.17, 15) is 9.59 Å². The molecular weight excluding hydrogens is 386 g/mol. The molecule has 30 heavy (non-hydrogen) atoms. The van der Waals surface area contributed by atoms with Gasteiger partial charge in [-0.25, -0.2) is 10.7 Å². The van der Waals surface area contributed by atoms with Gasteiger partial charge in [-0.3, -0.25) is 9.59 Å². The van der Waals surface area contributed by atoms with E-state index in [2.05, 4.69) is 21.1 Å². The minimum Gasteiger partial charge on any atom is -0.327 e. The first-order valence-corrected chi connectivity index (χ1v) is 10.6. The van der Waals surface area contributed by atoms with Gasteiger partial charge in [0.05, 0.1) is 41.8 Å². The molecule has 0 aromatic rings. The molecule has 0 amide bonds. The molecule has 0 bridgehead atoms. The fraction of sp³-hybridized carbons (Fsp3) is 0.800. The highest BCUT2D eigenvalue weighted by Crippen LogP contribution is 2.83. The smallest absolute Gasteiger partial charge is 0.201 e. The Morgan fingerprint density at radius 2 is 1.60 bits per heavy atom. The lowest BCUT2D eigenvalue weighted by molar-refractivity contribution is -0.959. The zero-order chi connectivity index (χ0) is 22.4. The number of fused-ring (bicyclic) bond motifs is 2. The van der Waals surface area contributed by atoms with E-state index in [0.29, 0.717) is 17.6 Å². The number of nitrogens with zero attached hydrogens (tertiary/aromatic N) is 3. The molecule has 10 nitrogen and oxygen atoms in total. The van der Waals surface area contributed by atoms with Gasteiger partial charge in [0.2, 0.25) is 6.73 Å². The third-order valence-electron chi connectivity index (χ3n) is 7.64. The molecule has 3 saturated carbocycles. The topological polar surface area (TPSA) is 147 Å². The zero-order valence-corrected chi connectivity index (χ0v) is 18.8. The first kappa shape index (κ1) is 22.0. The van der Waals surface area contributed by atoms with Crippen LogP contribution in [-0.2, 0) is 14.4 Å². The van der Waals surface area contributed by atoms with E-state index >= 15 is 0 Å². The van der Waals surface area contributed by atoms with Crippen molar-refractivity contribution in [2.24, 2.45) is 58.4 Å². The van der Waals surface area contributed by atoms with Crippen molar-refractivity contribution in [3.63, 3.8) is 0 Å². The SMILES string of the molecule is C[N+](C)(C)CC1=C(C[N+](N)(N)N)C2CC23C2C(=O)C(C[N+](C)(C)CON)C(=O)C2C13. The minimum atomic E-state index is -0.611. The Bertz CT molecular complexity index is 825. The molecule has 168 valence electrons. The first-order valence-electron chi connectivity index (χ1n) is 10.6. The van der Waals surface area contributed by atoms with Crippen LogP contribution in [0.4, 0.5) is 0 Å². The summed E-state index contributed by atoms with van der Waals surface area (Å²) in [6.45, 7) is 1.83. The van der Waals surface area contributed by atoms with Gasteiger partial charge >= 0.3 is 0 Å². The fourth-order valence-corrected chi connectivity index (χ4v) is 6.84. The average molecular weight is 425 g/mol. The Morgan fingerprint density at radius 1 is 0.967 bits per heavy atom. The van der Waals surface area contributed by atoms with Crippen molar-refractivity contribution in [2.45, 2.75) is 6.42 Å². The van der Waals surface area contributed by atoms with Crippen molar-refractivity contribution in [2.75, 3.05) is 61.6 Å². The molecule has 6 atom stereocenters. The molecule has 1 spiro atoms. The molecule has 6 unspecified atom stereocenters. The van der Waals surface area contributed by atoms with Crippen molar-refractivity contribution in [3.8, 4) is 0 Å². The molecule has 10 heteroatoms. The van der Waals surface area contributed by atoms with Gasteiger partial charge in [-0.2, -0.15) is 0 Å². The van der Waals surface area contributed by atoms with Crippen molar-refractivity contribution < 1.29 is 28.2 Å². The molecule has 0 aliphatic heterocycles. The predicted molar refractivity (Wildman–Crippen MR) is 109 cm³/mol. The molecule has 8 N–H and O–H groups in total. The van der Waals surface area contributed by atoms with Crippen LogP contribution in [-0.4, -0.2) is 86.9 Å². The molecule has 4 aliphatic rings. The second-order valence-corrected chi connectivity index (χ2v) is 11.8. The van der Waals surface area contributed by atoms with Crippen molar-refractivity contribution in [3.05, 3.63) is 11.1 Å². The summed E-state index contributed by atoms with van der Waals surface area (Å²) in [4.78, 5) is 31.1. The second kappa shape index (κ2) is 6.39. The summed E-state index contributed by atoms with van der Waals surface area (Å²) in [5.41, 5.74) is 2.33. The third kappa shape index (κ3) is 3.18.